The van der Waals surface area contributed by atoms with Crippen molar-refractivity contribution in [2.24, 2.45) is 16.7 Å². The van der Waals surface area contributed by atoms with Gasteiger partial charge in [0, 0.05) is 125 Å². The van der Waals surface area contributed by atoms with E-state index < -0.39 is 29.4 Å². The van der Waals surface area contributed by atoms with Gasteiger partial charge in [-0.15, -0.1) is 17.8 Å². The van der Waals surface area contributed by atoms with Crippen LogP contribution in [0.5, 0.6) is 11.8 Å². The number of fused-ring (bicyclic) bond motifs is 4. The number of benzene rings is 3. The summed E-state index contributed by atoms with van der Waals surface area (Å²) in [5.74, 6) is 2.37. The van der Waals surface area contributed by atoms with E-state index in [1.165, 1.54) is 11.0 Å². The fourth-order valence-electron chi connectivity index (χ4n) is 13.6. The maximum atomic E-state index is 17.2. The Kier molecular flexibility index (Phi) is 16.9. The zero-order valence-corrected chi connectivity index (χ0v) is 50.1. The van der Waals surface area contributed by atoms with Crippen molar-refractivity contribution in [1.29, 1.82) is 0 Å². The van der Waals surface area contributed by atoms with Gasteiger partial charge in [-0.25, -0.2) is 9.37 Å². The molecule has 1 aliphatic carbocycles. The van der Waals surface area contributed by atoms with Crippen LogP contribution in [0.4, 0.5) is 10.2 Å². The molecule has 0 spiro atoms. The first-order valence-electron chi connectivity index (χ1n) is 30.4. The van der Waals surface area contributed by atoms with Crippen molar-refractivity contribution in [3.05, 3.63) is 88.9 Å². The number of carbonyl (C=O) groups excluding carboxylic acids is 3. The number of thiazole rings is 1. The van der Waals surface area contributed by atoms with Gasteiger partial charge in [-0.2, -0.15) is 9.97 Å². The molecule has 5 atom stereocenters. The van der Waals surface area contributed by atoms with E-state index in [1.54, 1.807) is 29.7 Å². The van der Waals surface area contributed by atoms with Crippen LogP contribution in [0.1, 0.15) is 89.0 Å². The minimum Gasteiger partial charge on any atom is -0.508 e. The molecule has 3 aromatic carbocycles. The number of phenols is 1. The minimum atomic E-state index is -0.875. The number of amides is 3. The first kappa shape index (κ1) is 58.5. The Hall–Kier alpha value is -6.86. The minimum absolute atomic E-state index is 0.0188. The monoisotopic (exact) mass is 1170 g/mol. The number of aromatic nitrogens is 4. The number of halogens is 1. The predicted octanol–water partition coefficient (Wildman–Crippen LogP) is 6.73. The number of β-amino-alcohol motifs (C(OH)–C–C–N with tert-alkyl or cyclic N) is 1. The van der Waals surface area contributed by atoms with Crippen molar-refractivity contribution >= 4 is 56.6 Å². The molecule has 12 rings (SSSR count). The third-order valence-corrected chi connectivity index (χ3v) is 19.6. The number of likely N-dealkylation sites (tertiary alicyclic amines) is 2. The molecule has 6 fully saturated rings. The lowest BCUT2D eigenvalue weighted by Crippen LogP contribution is -2.58. The van der Waals surface area contributed by atoms with Gasteiger partial charge in [-0.3, -0.25) is 19.4 Å². The Labute approximate surface area is 500 Å². The second kappa shape index (κ2) is 24.5. The number of aromatic hydroxyl groups is 1. The third-order valence-electron chi connectivity index (χ3n) is 18.6. The Morgan fingerprint density at radius 1 is 0.941 bits per heavy atom. The van der Waals surface area contributed by atoms with Crippen molar-refractivity contribution in [3.8, 4) is 45.8 Å². The predicted molar refractivity (Wildman–Crippen MR) is 327 cm³/mol. The number of nitrogens with one attached hydrogen (secondary N) is 3. The van der Waals surface area contributed by atoms with E-state index in [9.17, 15) is 24.6 Å². The van der Waals surface area contributed by atoms with E-state index in [0.717, 1.165) is 126 Å². The second-order valence-corrected chi connectivity index (χ2v) is 26.8. The van der Waals surface area contributed by atoms with Crippen molar-refractivity contribution < 1.29 is 33.7 Å². The molecule has 5 aliphatic heterocycles. The molecule has 20 heteroatoms. The quantitative estimate of drug-likeness (QED) is 0.0566. The van der Waals surface area contributed by atoms with Crippen LogP contribution in [-0.2, 0) is 20.9 Å². The molecular weight excluding hydrogens is 1100 g/mol. The standard InChI is InChI=1S/C65H79FN12O6S/c1-6-43-8-7-9-45-28-48(79)29-50(54(43)45)56-55(66)57-51(32-67-56)60(77-34-46-14-15-47(35-77)70-46)73-63(72-57)84-38-65(19-20-65)37-76-26-24-75(25-27-76)33-42-16-21-74(22-17-42)23-18-53(81)71-59(64(3,4)5)62(83)78-36-49(80)30-52(78)61(82)68-31-41-10-12-44(13-11-41)58-40(2)69-39-85-58/h1,7-13,28-29,32,39,42,46-47,49,52,59,70,79-80H,14-27,30-31,33-38H2,2-5H3,(H,68,82)(H,71,81)/t46?,47?,49-,52?,59?/m0/s1. The maximum Gasteiger partial charge on any atom is 0.319 e. The summed E-state index contributed by atoms with van der Waals surface area (Å²) in [6, 6.07) is 15.6. The van der Waals surface area contributed by atoms with Gasteiger partial charge in [0.1, 0.15) is 34.9 Å². The van der Waals surface area contributed by atoms with E-state index >= 15 is 4.39 Å². The molecular formula is C65H79FN12O6S. The number of pyridine rings is 1. The molecule has 5 saturated heterocycles. The molecule has 2 bridgehead atoms. The van der Waals surface area contributed by atoms with Crippen LogP contribution in [0.2, 0.25) is 0 Å². The number of hydrogen-bond acceptors (Lipinski definition) is 16. The molecule has 3 amide bonds. The topological polar surface area (TPSA) is 205 Å². The summed E-state index contributed by atoms with van der Waals surface area (Å²) in [5, 5.41) is 33.0. The van der Waals surface area contributed by atoms with Gasteiger partial charge in [-0.05, 0) is 105 Å². The van der Waals surface area contributed by atoms with Gasteiger partial charge in [-0.1, -0.05) is 63.1 Å². The number of aliphatic hydroxyl groups is 1. The van der Waals surface area contributed by atoms with Crippen LogP contribution in [-0.4, -0.2) is 183 Å². The number of aryl methyl sites for hydroxylation is 1. The number of terminal acetylenes is 1. The lowest BCUT2D eigenvalue weighted by molar-refractivity contribution is -0.144. The van der Waals surface area contributed by atoms with E-state index in [1.807, 2.05) is 69.6 Å². The lowest BCUT2D eigenvalue weighted by Gasteiger charge is -2.40. The molecule has 6 aromatic rings. The number of aliphatic hydroxyl groups excluding tert-OH is 1. The summed E-state index contributed by atoms with van der Waals surface area (Å²) in [6.07, 6.45) is 13.4. The third kappa shape index (κ3) is 13.0. The molecule has 5 N–H and O–H groups in total. The zero-order chi connectivity index (χ0) is 59.1. The number of hydrogen-bond donors (Lipinski definition) is 5. The van der Waals surface area contributed by atoms with E-state index in [4.69, 9.17) is 21.1 Å². The fraction of sp³-hybridized carbons (Fsp3) is 0.523. The van der Waals surface area contributed by atoms with Crippen LogP contribution >= 0.6 is 11.3 Å². The summed E-state index contributed by atoms with van der Waals surface area (Å²) >= 11 is 1.59. The molecule has 3 aromatic heterocycles. The Bertz CT molecular complexity index is 3480. The fourth-order valence-corrected chi connectivity index (χ4v) is 14.4. The van der Waals surface area contributed by atoms with E-state index in [0.29, 0.717) is 64.3 Å². The smallest absolute Gasteiger partial charge is 0.319 e. The molecule has 1 saturated carbocycles. The number of rotatable bonds is 18. The number of piperidine rings is 1. The number of carbonyl (C=O) groups is 3. The van der Waals surface area contributed by atoms with Gasteiger partial charge < -0.3 is 55.4 Å². The van der Waals surface area contributed by atoms with Gasteiger partial charge >= 0.3 is 6.01 Å². The van der Waals surface area contributed by atoms with E-state index in [-0.39, 0.29) is 72.0 Å². The summed E-state index contributed by atoms with van der Waals surface area (Å²) in [6.45, 7) is 18.2. The van der Waals surface area contributed by atoms with Gasteiger partial charge in [0.15, 0.2) is 5.82 Å². The Balaban J connectivity index is 0.604. The number of anilines is 1. The number of nitrogens with zero attached hydrogens (tertiary/aromatic N) is 9. The van der Waals surface area contributed by atoms with Crippen LogP contribution in [0, 0.1) is 41.8 Å². The Morgan fingerprint density at radius 2 is 1.68 bits per heavy atom. The first-order valence-corrected chi connectivity index (χ1v) is 31.3. The molecule has 6 aliphatic rings. The average Bonchev–Trinajstić information content (AvgIpc) is 2.29. The Morgan fingerprint density at radius 3 is 2.38 bits per heavy atom. The summed E-state index contributed by atoms with van der Waals surface area (Å²) in [7, 11) is 0. The van der Waals surface area contributed by atoms with Gasteiger partial charge in [0.2, 0.25) is 17.7 Å². The molecule has 18 nitrogen and oxygen atoms in total. The van der Waals surface area contributed by atoms with Crippen LogP contribution in [0.25, 0.3) is 43.4 Å². The van der Waals surface area contributed by atoms with Crippen LogP contribution in [0.15, 0.2) is 66.3 Å². The summed E-state index contributed by atoms with van der Waals surface area (Å²) in [4.78, 5) is 72.6. The van der Waals surface area contributed by atoms with Crippen molar-refractivity contribution in [3.63, 3.8) is 0 Å². The van der Waals surface area contributed by atoms with Gasteiger partial charge in [0.05, 0.1) is 34.2 Å². The maximum absolute atomic E-state index is 17.2. The molecule has 0 radical (unpaired) electrons. The van der Waals surface area contributed by atoms with Crippen LogP contribution < -0.4 is 25.6 Å². The van der Waals surface area contributed by atoms with E-state index in [2.05, 4.69) is 51.4 Å². The largest absolute Gasteiger partial charge is 0.508 e. The van der Waals surface area contributed by atoms with Crippen molar-refractivity contribution in [2.45, 2.75) is 116 Å². The van der Waals surface area contributed by atoms with Crippen molar-refractivity contribution in [1.82, 2.24) is 55.5 Å². The summed E-state index contributed by atoms with van der Waals surface area (Å²) in [5.41, 5.74) is 5.24. The molecule has 8 heterocycles. The molecule has 85 heavy (non-hydrogen) atoms. The van der Waals surface area contributed by atoms with Crippen LogP contribution in [0.3, 0.4) is 0 Å². The highest BCUT2D eigenvalue weighted by Crippen LogP contribution is 2.47. The highest BCUT2D eigenvalue weighted by atomic mass is 32.1. The van der Waals surface area contributed by atoms with Crippen molar-refractivity contribution in [2.75, 3.05) is 90.0 Å². The number of piperazine rings is 2. The zero-order valence-electron chi connectivity index (χ0n) is 49.3. The highest BCUT2D eigenvalue weighted by molar-refractivity contribution is 7.13. The summed E-state index contributed by atoms with van der Waals surface area (Å²) < 4.78 is 23.8. The lowest BCUT2D eigenvalue weighted by atomic mass is 9.85. The van der Waals surface area contributed by atoms with Gasteiger partial charge in [0.25, 0.3) is 0 Å². The SMILES string of the molecule is C#Cc1cccc2cc(O)cc(-c3ncc4c(N5CC6CCC(C5)N6)nc(OCC5(CN6CCN(CC7CCN(CCC(=O)NC(C(=O)N8C[C@@H](O)CC8C(=O)NCc8ccc(-c9scnc9C)cc8)C(C)(C)C)CC7)CC6)CC5)nc4c3F)c12. The first-order chi connectivity index (χ1) is 41.0. The second-order valence-electron chi connectivity index (χ2n) is 25.9. The normalized spacial score (nSPS) is 22.4. The number of ether oxygens (including phenoxy) is 1. The molecule has 448 valence electrons. The molecule has 4 unspecified atom stereocenters. The average molecular weight is 1180 g/mol. The highest BCUT2D eigenvalue weighted by Gasteiger charge is 2.47. The number of phenolic OH excluding ortho intramolecular Hbond substituents is 1.